The molecule has 0 amide bonds. The smallest absolute Gasteiger partial charge is 0.0702 e. The lowest BCUT2D eigenvalue weighted by Crippen LogP contribution is -2.46. The normalized spacial score (nSPS) is 29.1. The molecule has 2 heterocycles. The highest BCUT2D eigenvalue weighted by Crippen LogP contribution is 2.38. The van der Waals surface area contributed by atoms with Crippen molar-refractivity contribution in [1.29, 1.82) is 0 Å². The van der Waals surface area contributed by atoms with Gasteiger partial charge in [0.2, 0.25) is 0 Å². The van der Waals surface area contributed by atoms with Crippen molar-refractivity contribution in [2.24, 2.45) is 5.41 Å². The molecule has 0 aromatic heterocycles. The highest BCUT2D eigenvalue weighted by atomic mass is 16.5. The Morgan fingerprint density at radius 2 is 2.00 bits per heavy atom. The van der Waals surface area contributed by atoms with E-state index < -0.39 is 0 Å². The Kier molecular flexibility index (Phi) is 4.45. The maximum Gasteiger partial charge on any atom is 0.0702 e. The number of hydrogen-bond acceptors (Lipinski definition) is 3. The Bertz CT molecular complexity index is 226. The second-order valence-corrected chi connectivity index (χ2v) is 6.26. The maximum absolute atomic E-state index is 6.12. The van der Waals surface area contributed by atoms with E-state index in [2.05, 4.69) is 31.1 Å². The quantitative estimate of drug-likeness (QED) is 0.815. The Morgan fingerprint density at radius 1 is 1.29 bits per heavy atom. The third-order valence-electron chi connectivity index (χ3n) is 4.66. The van der Waals surface area contributed by atoms with Gasteiger partial charge in [-0.05, 0) is 65.1 Å². The standard InChI is InChI=1S/C14H28N2O/c1-12(2)16(3)10-13-4-5-14(11-17-13)6-8-15-9-7-14/h12-13,15H,4-11H2,1-3H3/t13-/m0/s1. The Hall–Kier alpha value is -0.120. The molecule has 100 valence electrons. The van der Waals surface area contributed by atoms with E-state index in [0.717, 1.165) is 13.2 Å². The maximum atomic E-state index is 6.12. The van der Waals surface area contributed by atoms with Crippen LogP contribution in [0.15, 0.2) is 0 Å². The molecule has 17 heavy (non-hydrogen) atoms. The van der Waals surface area contributed by atoms with Crippen molar-refractivity contribution in [3.8, 4) is 0 Å². The second-order valence-electron chi connectivity index (χ2n) is 6.26. The van der Waals surface area contributed by atoms with Gasteiger partial charge in [0.05, 0.1) is 12.7 Å². The predicted molar refractivity (Wildman–Crippen MR) is 71.3 cm³/mol. The van der Waals surface area contributed by atoms with Crippen molar-refractivity contribution in [2.75, 3.05) is 33.3 Å². The summed E-state index contributed by atoms with van der Waals surface area (Å²) in [7, 11) is 2.20. The number of piperidine rings is 1. The Morgan fingerprint density at radius 3 is 2.53 bits per heavy atom. The fourth-order valence-corrected chi connectivity index (χ4v) is 2.94. The zero-order valence-corrected chi connectivity index (χ0v) is 11.7. The third kappa shape index (κ3) is 3.43. The van der Waals surface area contributed by atoms with Crippen LogP contribution < -0.4 is 5.32 Å². The van der Waals surface area contributed by atoms with Gasteiger partial charge >= 0.3 is 0 Å². The SMILES string of the molecule is CC(C)N(C)C[C@@H]1CCC2(CCNCC2)CO1. The summed E-state index contributed by atoms with van der Waals surface area (Å²) in [5, 5.41) is 3.45. The molecule has 3 heteroatoms. The van der Waals surface area contributed by atoms with Crippen LogP contribution >= 0.6 is 0 Å². The zero-order valence-electron chi connectivity index (χ0n) is 11.7. The van der Waals surface area contributed by atoms with E-state index in [1.54, 1.807) is 0 Å². The summed E-state index contributed by atoms with van der Waals surface area (Å²) < 4.78 is 6.12. The molecule has 0 bridgehead atoms. The third-order valence-corrected chi connectivity index (χ3v) is 4.66. The summed E-state index contributed by atoms with van der Waals surface area (Å²) in [6, 6.07) is 0.619. The lowest BCUT2D eigenvalue weighted by atomic mass is 9.74. The van der Waals surface area contributed by atoms with Crippen molar-refractivity contribution >= 4 is 0 Å². The van der Waals surface area contributed by atoms with Crippen LogP contribution in [0.2, 0.25) is 0 Å². The second kappa shape index (κ2) is 5.68. The molecule has 2 rings (SSSR count). The van der Waals surface area contributed by atoms with Crippen LogP contribution in [-0.2, 0) is 4.74 Å². The number of hydrogen-bond donors (Lipinski definition) is 1. The zero-order chi connectivity index (χ0) is 12.3. The molecule has 0 aliphatic carbocycles. The molecule has 0 aromatic carbocycles. The summed E-state index contributed by atoms with van der Waals surface area (Å²) in [5.41, 5.74) is 0.512. The van der Waals surface area contributed by atoms with Crippen LogP contribution in [-0.4, -0.2) is 50.3 Å². The molecule has 3 nitrogen and oxygen atoms in total. The van der Waals surface area contributed by atoms with Gasteiger partial charge in [-0.25, -0.2) is 0 Å². The largest absolute Gasteiger partial charge is 0.376 e. The molecular weight excluding hydrogens is 212 g/mol. The first-order valence-corrected chi connectivity index (χ1v) is 7.14. The van der Waals surface area contributed by atoms with E-state index in [-0.39, 0.29) is 0 Å². The van der Waals surface area contributed by atoms with E-state index >= 15 is 0 Å². The summed E-state index contributed by atoms with van der Waals surface area (Å²) in [6.45, 7) is 8.94. The van der Waals surface area contributed by atoms with E-state index in [9.17, 15) is 0 Å². The fourth-order valence-electron chi connectivity index (χ4n) is 2.94. The van der Waals surface area contributed by atoms with E-state index in [1.165, 1.54) is 38.8 Å². The van der Waals surface area contributed by atoms with Gasteiger partial charge in [-0.3, -0.25) is 0 Å². The summed E-state index contributed by atoms with van der Waals surface area (Å²) in [4.78, 5) is 2.39. The van der Waals surface area contributed by atoms with Crippen molar-refractivity contribution in [3.05, 3.63) is 0 Å². The number of nitrogens with one attached hydrogen (secondary N) is 1. The average molecular weight is 240 g/mol. The van der Waals surface area contributed by atoms with Crippen molar-refractivity contribution in [3.63, 3.8) is 0 Å². The van der Waals surface area contributed by atoms with Crippen LogP contribution in [0.1, 0.15) is 39.5 Å². The molecule has 0 saturated carbocycles. The minimum absolute atomic E-state index is 0.461. The molecule has 0 aromatic rings. The first-order valence-electron chi connectivity index (χ1n) is 7.14. The molecule has 1 atom stereocenters. The molecule has 1 spiro atoms. The molecule has 2 aliphatic rings. The first-order chi connectivity index (χ1) is 8.11. The summed E-state index contributed by atoms with van der Waals surface area (Å²) in [6.07, 6.45) is 5.69. The van der Waals surface area contributed by atoms with E-state index in [0.29, 0.717) is 17.6 Å². The van der Waals surface area contributed by atoms with Crippen LogP contribution in [0.4, 0.5) is 0 Å². The van der Waals surface area contributed by atoms with Crippen LogP contribution in [0.25, 0.3) is 0 Å². The summed E-state index contributed by atoms with van der Waals surface area (Å²) >= 11 is 0. The molecule has 2 aliphatic heterocycles. The molecule has 1 N–H and O–H groups in total. The topological polar surface area (TPSA) is 24.5 Å². The predicted octanol–water partition coefficient (Wildman–Crippen LogP) is 1.88. The van der Waals surface area contributed by atoms with Crippen molar-refractivity contribution in [1.82, 2.24) is 10.2 Å². The first kappa shape index (κ1) is 13.3. The van der Waals surface area contributed by atoms with Gasteiger partial charge in [-0.1, -0.05) is 0 Å². The van der Waals surface area contributed by atoms with Gasteiger partial charge in [0.1, 0.15) is 0 Å². The van der Waals surface area contributed by atoms with Gasteiger partial charge in [-0.2, -0.15) is 0 Å². The average Bonchev–Trinajstić information content (AvgIpc) is 2.33. The highest BCUT2D eigenvalue weighted by molar-refractivity contribution is 4.89. The lowest BCUT2D eigenvalue weighted by Gasteiger charge is -2.43. The van der Waals surface area contributed by atoms with E-state index in [4.69, 9.17) is 4.74 Å². The number of likely N-dealkylation sites (N-methyl/N-ethyl adjacent to an activating group) is 1. The summed E-state index contributed by atoms with van der Waals surface area (Å²) in [5.74, 6) is 0. The van der Waals surface area contributed by atoms with Crippen LogP contribution in [0.3, 0.4) is 0 Å². The van der Waals surface area contributed by atoms with E-state index in [1.807, 2.05) is 0 Å². The van der Waals surface area contributed by atoms with Gasteiger partial charge in [0.15, 0.2) is 0 Å². The monoisotopic (exact) mass is 240 g/mol. The van der Waals surface area contributed by atoms with Gasteiger partial charge in [0, 0.05) is 12.6 Å². The minimum atomic E-state index is 0.461. The molecular formula is C14H28N2O. The van der Waals surface area contributed by atoms with Crippen LogP contribution in [0.5, 0.6) is 0 Å². The Balaban J connectivity index is 1.77. The molecule has 2 fully saturated rings. The molecule has 2 saturated heterocycles. The highest BCUT2D eigenvalue weighted by Gasteiger charge is 2.37. The van der Waals surface area contributed by atoms with Crippen molar-refractivity contribution in [2.45, 2.75) is 51.7 Å². The number of nitrogens with zero attached hydrogens (tertiary/aromatic N) is 1. The van der Waals surface area contributed by atoms with Crippen LogP contribution in [0, 0.1) is 5.41 Å². The van der Waals surface area contributed by atoms with Gasteiger partial charge in [-0.15, -0.1) is 0 Å². The minimum Gasteiger partial charge on any atom is -0.376 e. The number of rotatable bonds is 3. The molecule has 0 unspecified atom stereocenters. The van der Waals surface area contributed by atoms with Gasteiger partial charge < -0.3 is 15.0 Å². The lowest BCUT2D eigenvalue weighted by molar-refractivity contribution is -0.0840. The Labute approximate surface area is 106 Å². The fraction of sp³-hybridized carbons (Fsp3) is 1.00. The van der Waals surface area contributed by atoms with Crippen molar-refractivity contribution < 1.29 is 4.74 Å². The molecule has 0 radical (unpaired) electrons. The number of ether oxygens (including phenoxy) is 1. The van der Waals surface area contributed by atoms with Gasteiger partial charge in [0.25, 0.3) is 0 Å².